The summed E-state index contributed by atoms with van der Waals surface area (Å²) in [6.07, 6.45) is 6.38. The molecule has 0 N–H and O–H groups in total. The maximum atomic E-state index is 12.3. The molecule has 0 aliphatic carbocycles. The highest BCUT2D eigenvalue weighted by Crippen LogP contribution is 2.12. The van der Waals surface area contributed by atoms with Crippen LogP contribution in [-0.4, -0.2) is 16.6 Å². The van der Waals surface area contributed by atoms with Crippen molar-refractivity contribution in [2.45, 2.75) is 32.1 Å². The fraction of sp³-hybridized carbons (Fsp3) is 0.208. The standard InChI is InChI=1S/C24H23NO2/c26-23(14-10-21-7-4-16-25-18-21)17-20-8-12-22(13-9-20)24(27)15-11-19-5-2-1-3-6-19/h1-9,12-13,16,18H,10-11,14-15,17H2. The summed E-state index contributed by atoms with van der Waals surface area (Å²) < 4.78 is 0. The van der Waals surface area contributed by atoms with Gasteiger partial charge in [0, 0.05) is 37.2 Å². The van der Waals surface area contributed by atoms with Gasteiger partial charge in [0.15, 0.2) is 5.78 Å². The maximum Gasteiger partial charge on any atom is 0.163 e. The van der Waals surface area contributed by atoms with Crippen molar-refractivity contribution >= 4 is 11.6 Å². The Morgan fingerprint density at radius 2 is 1.41 bits per heavy atom. The Morgan fingerprint density at radius 1 is 0.704 bits per heavy atom. The van der Waals surface area contributed by atoms with Gasteiger partial charge in [-0.05, 0) is 35.6 Å². The molecule has 1 heterocycles. The van der Waals surface area contributed by atoms with Gasteiger partial charge < -0.3 is 0 Å². The predicted octanol–water partition coefficient (Wildman–Crippen LogP) is 4.64. The summed E-state index contributed by atoms with van der Waals surface area (Å²) in [4.78, 5) is 28.6. The van der Waals surface area contributed by atoms with Gasteiger partial charge in [0.05, 0.1) is 0 Å². The largest absolute Gasteiger partial charge is 0.299 e. The average Bonchev–Trinajstić information content (AvgIpc) is 2.72. The number of hydrogen-bond acceptors (Lipinski definition) is 3. The summed E-state index contributed by atoms with van der Waals surface area (Å²) >= 11 is 0. The van der Waals surface area contributed by atoms with Gasteiger partial charge in [0.1, 0.15) is 5.78 Å². The Morgan fingerprint density at radius 3 is 2.11 bits per heavy atom. The molecule has 3 rings (SSSR count). The first-order chi connectivity index (χ1) is 13.2. The number of ketones is 2. The number of aromatic nitrogens is 1. The maximum absolute atomic E-state index is 12.3. The fourth-order valence-electron chi connectivity index (χ4n) is 3.00. The highest BCUT2D eigenvalue weighted by molar-refractivity contribution is 5.96. The first-order valence-corrected chi connectivity index (χ1v) is 9.27. The normalized spacial score (nSPS) is 10.5. The lowest BCUT2D eigenvalue weighted by Crippen LogP contribution is -2.05. The third kappa shape index (κ3) is 6.00. The number of nitrogens with zero attached hydrogens (tertiary/aromatic N) is 1. The highest BCUT2D eigenvalue weighted by atomic mass is 16.1. The molecule has 3 aromatic rings. The molecule has 0 fully saturated rings. The van der Waals surface area contributed by atoms with Crippen LogP contribution in [0.2, 0.25) is 0 Å². The van der Waals surface area contributed by atoms with E-state index in [0.717, 1.165) is 17.5 Å². The molecule has 0 unspecified atom stereocenters. The molecule has 1 aromatic heterocycles. The molecule has 0 aliphatic rings. The smallest absolute Gasteiger partial charge is 0.163 e. The van der Waals surface area contributed by atoms with Crippen LogP contribution in [0.4, 0.5) is 0 Å². The third-order valence-corrected chi connectivity index (χ3v) is 4.58. The lowest BCUT2D eigenvalue weighted by molar-refractivity contribution is -0.118. The van der Waals surface area contributed by atoms with Crippen LogP contribution in [0.1, 0.15) is 39.9 Å². The lowest BCUT2D eigenvalue weighted by Gasteiger charge is -2.05. The molecule has 27 heavy (non-hydrogen) atoms. The topological polar surface area (TPSA) is 47.0 Å². The molecular formula is C24H23NO2. The quantitative estimate of drug-likeness (QED) is 0.524. The predicted molar refractivity (Wildman–Crippen MR) is 107 cm³/mol. The Hall–Kier alpha value is -3.07. The second-order valence-electron chi connectivity index (χ2n) is 6.68. The second-order valence-corrected chi connectivity index (χ2v) is 6.68. The van der Waals surface area contributed by atoms with Crippen LogP contribution in [0.15, 0.2) is 79.1 Å². The summed E-state index contributed by atoms with van der Waals surface area (Å²) in [6, 6.07) is 21.3. The second kappa shape index (κ2) is 9.58. The number of Topliss-reactive ketones (excluding diaryl/α,β-unsaturated/α-hetero) is 2. The monoisotopic (exact) mass is 357 g/mol. The average molecular weight is 357 g/mol. The van der Waals surface area contributed by atoms with Gasteiger partial charge in [-0.15, -0.1) is 0 Å². The van der Waals surface area contributed by atoms with Crippen LogP contribution in [-0.2, 0) is 24.1 Å². The van der Waals surface area contributed by atoms with Gasteiger partial charge in [-0.2, -0.15) is 0 Å². The molecule has 0 atom stereocenters. The lowest BCUT2D eigenvalue weighted by atomic mass is 9.99. The van der Waals surface area contributed by atoms with E-state index in [9.17, 15) is 9.59 Å². The number of carbonyl (C=O) groups excluding carboxylic acids is 2. The van der Waals surface area contributed by atoms with Crippen molar-refractivity contribution in [1.29, 1.82) is 0 Å². The molecule has 0 bridgehead atoms. The molecule has 3 nitrogen and oxygen atoms in total. The van der Waals surface area contributed by atoms with E-state index >= 15 is 0 Å². The molecular weight excluding hydrogens is 334 g/mol. The van der Waals surface area contributed by atoms with E-state index in [1.807, 2.05) is 66.7 Å². The van der Waals surface area contributed by atoms with Crippen molar-refractivity contribution in [2.24, 2.45) is 0 Å². The van der Waals surface area contributed by atoms with Gasteiger partial charge >= 0.3 is 0 Å². The van der Waals surface area contributed by atoms with E-state index in [4.69, 9.17) is 0 Å². The van der Waals surface area contributed by atoms with Crippen LogP contribution in [0.5, 0.6) is 0 Å². The van der Waals surface area contributed by atoms with Crippen LogP contribution in [0.25, 0.3) is 0 Å². The molecule has 0 saturated carbocycles. The number of aryl methyl sites for hydroxylation is 2. The first-order valence-electron chi connectivity index (χ1n) is 9.27. The first kappa shape index (κ1) is 18.7. The minimum absolute atomic E-state index is 0.133. The van der Waals surface area contributed by atoms with E-state index in [-0.39, 0.29) is 11.6 Å². The Kier molecular flexibility index (Phi) is 6.64. The van der Waals surface area contributed by atoms with Crippen molar-refractivity contribution in [3.8, 4) is 0 Å². The molecule has 0 amide bonds. The van der Waals surface area contributed by atoms with Crippen LogP contribution < -0.4 is 0 Å². The fourth-order valence-corrected chi connectivity index (χ4v) is 3.00. The minimum Gasteiger partial charge on any atom is -0.299 e. The zero-order valence-electron chi connectivity index (χ0n) is 15.3. The van der Waals surface area contributed by atoms with E-state index in [2.05, 4.69) is 4.98 Å². The van der Waals surface area contributed by atoms with E-state index < -0.39 is 0 Å². The van der Waals surface area contributed by atoms with E-state index in [0.29, 0.717) is 31.2 Å². The highest BCUT2D eigenvalue weighted by Gasteiger charge is 2.08. The summed E-state index contributed by atoms with van der Waals surface area (Å²) in [5, 5.41) is 0. The Bertz CT molecular complexity index is 871. The molecule has 0 spiro atoms. The SMILES string of the molecule is O=C(CCc1cccnc1)Cc1ccc(C(=O)CCc2ccccc2)cc1. The van der Waals surface area contributed by atoms with Gasteiger partial charge in [-0.1, -0.05) is 60.7 Å². The van der Waals surface area contributed by atoms with Crippen molar-refractivity contribution in [1.82, 2.24) is 4.98 Å². The molecule has 0 saturated heterocycles. The zero-order chi connectivity index (χ0) is 18.9. The van der Waals surface area contributed by atoms with Crippen molar-refractivity contribution in [3.05, 3.63) is 101 Å². The molecule has 0 aliphatic heterocycles. The molecule has 0 radical (unpaired) electrons. The Labute approximate surface area is 160 Å². The molecule has 3 heteroatoms. The number of pyridine rings is 1. The van der Waals surface area contributed by atoms with E-state index in [1.165, 1.54) is 5.56 Å². The van der Waals surface area contributed by atoms with Gasteiger partial charge in [0.2, 0.25) is 0 Å². The molecule has 136 valence electrons. The van der Waals surface area contributed by atoms with Crippen molar-refractivity contribution in [3.63, 3.8) is 0 Å². The van der Waals surface area contributed by atoms with Crippen LogP contribution >= 0.6 is 0 Å². The third-order valence-electron chi connectivity index (χ3n) is 4.58. The van der Waals surface area contributed by atoms with Crippen molar-refractivity contribution in [2.75, 3.05) is 0 Å². The van der Waals surface area contributed by atoms with Crippen LogP contribution in [0.3, 0.4) is 0 Å². The van der Waals surface area contributed by atoms with Gasteiger partial charge in [-0.25, -0.2) is 0 Å². The summed E-state index contributed by atoms with van der Waals surface area (Å²) in [6.45, 7) is 0. The summed E-state index contributed by atoms with van der Waals surface area (Å²) in [5.41, 5.74) is 3.90. The zero-order valence-corrected chi connectivity index (χ0v) is 15.3. The number of carbonyl (C=O) groups is 2. The van der Waals surface area contributed by atoms with Gasteiger partial charge in [-0.3, -0.25) is 14.6 Å². The van der Waals surface area contributed by atoms with Gasteiger partial charge in [0.25, 0.3) is 0 Å². The molecule has 2 aromatic carbocycles. The Balaban J connectivity index is 1.47. The number of hydrogen-bond donors (Lipinski definition) is 0. The van der Waals surface area contributed by atoms with Crippen molar-refractivity contribution < 1.29 is 9.59 Å². The van der Waals surface area contributed by atoms with Crippen LogP contribution in [0, 0.1) is 0 Å². The summed E-state index contributed by atoms with van der Waals surface area (Å²) in [5.74, 6) is 0.329. The summed E-state index contributed by atoms with van der Waals surface area (Å²) in [7, 11) is 0. The number of rotatable bonds is 9. The number of benzene rings is 2. The minimum atomic E-state index is 0.133. The van der Waals surface area contributed by atoms with E-state index in [1.54, 1.807) is 12.4 Å².